The summed E-state index contributed by atoms with van der Waals surface area (Å²) in [6, 6.07) is 6.79. The van der Waals surface area contributed by atoms with Crippen molar-refractivity contribution in [3.05, 3.63) is 40.6 Å². The van der Waals surface area contributed by atoms with Crippen LogP contribution in [0.15, 0.2) is 35.0 Å². The third kappa shape index (κ3) is 1.99. The molecular weight excluding hydrogens is 224 g/mol. The minimum atomic E-state index is -1.02. The number of carboxylic acid groups (broad SMARTS) is 1. The molecule has 1 aromatic heterocycles. The summed E-state index contributed by atoms with van der Waals surface area (Å²) >= 11 is 1.56. The summed E-state index contributed by atoms with van der Waals surface area (Å²) in [7, 11) is 0. The fraction of sp³-hybridized carbons (Fsp3) is 0. The van der Waals surface area contributed by atoms with Crippen LogP contribution in [0.3, 0.4) is 0 Å². The number of carbonyl (C=O) groups is 1. The van der Waals surface area contributed by atoms with E-state index in [-0.39, 0.29) is 11.3 Å². The quantitative estimate of drug-likeness (QED) is 0.714. The van der Waals surface area contributed by atoms with E-state index in [1.54, 1.807) is 23.5 Å². The molecule has 4 nitrogen and oxygen atoms in total. The maximum absolute atomic E-state index is 10.9. The van der Waals surface area contributed by atoms with E-state index in [1.807, 2.05) is 16.8 Å². The highest BCUT2D eigenvalue weighted by atomic mass is 32.1. The zero-order chi connectivity index (χ0) is 11.5. The lowest BCUT2D eigenvalue weighted by Crippen LogP contribution is -2.04. The molecule has 0 amide bonds. The molecule has 4 N–H and O–H groups in total. The summed E-state index contributed by atoms with van der Waals surface area (Å²) in [4.78, 5) is 10.9. The molecule has 82 valence electrons. The van der Waals surface area contributed by atoms with Gasteiger partial charge < -0.3 is 16.2 Å². The van der Waals surface area contributed by atoms with Crippen LogP contribution in [-0.2, 0) is 0 Å². The second-order valence-electron chi connectivity index (χ2n) is 3.21. The van der Waals surface area contributed by atoms with Gasteiger partial charge in [0.1, 0.15) is 0 Å². The van der Waals surface area contributed by atoms with Crippen LogP contribution in [-0.4, -0.2) is 11.1 Å². The first-order chi connectivity index (χ1) is 7.68. The Labute approximate surface area is 96.3 Å². The zero-order valence-electron chi connectivity index (χ0n) is 8.31. The topological polar surface area (TPSA) is 75.3 Å². The van der Waals surface area contributed by atoms with Crippen molar-refractivity contribution < 1.29 is 9.90 Å². The first-order valence-corrected chi connectivity index (χ1v) is 5.54. The van der Waals surface area contributed by atoms with Gasteiger partial charge in [-0.2, -0.15) is 11.3 Å². The van der Waals surface area contributed by atoms with E-state index in [0.29, 0.717) is 5.69 Å². The van der Waals surface area contributed by atoms with Crippen LogP contribution in [0.4, 0.5) is 17.1 Å². The molecule has 0 spiro atoms. The number of thiophene rings is 1. The normalized spacial score (nSPS) is 10.0. The van der Waals surface area contributed by atoms with E-state index in [1.165, 1.54) is 6.07 Å². The minimum Gasteiger partial charge on any atom is -0.478 e. The van der Waals surface area contributed by atoms with E-state index < -0.39 is 5.97 Å². The minimum absolute atomic E-state index is 0.111. The third-order valence-corrected chi connectivity index (χ3v) is 2.82. The van der Waals surface area contributed by atoms with Gasteiger partial charge in [-0.1, -0.05) is 6.07 Å². The molecule has 0 bridgehead atoms. The SMILES string of the molecule is Nc1c(Nc2ccsc2)cccc1C(=O)O. The van der Waals surface area contributed by atoms with Crippen LogP contribution in [0.25, 0.3) is 0 Å². The van der Waals surface area contributed by atoms with Gasteiger partial charge in [-0.25, -0.2) is 4.79 Å². The van der Waals surface area contributed by atoms with Crippen LogP contribution in [0.5, 0.6) is 0 Å². The van der Waals surface area contributed by atoms with Gasteiger partial charge in [0.15, 0.2) is 0 Å². The van der Waals surface area contributed by atoms with Gasteiger partial charge in [0.25, 0.3) is 0 Å². The number of anilines is 3. The summed E-state index contributed by atoms with van der Waals surface area (Å²) in [6.45, 7) is 0. The number of para-hydroxylation sites is 1. The van der Waals surface area contributed by atoms with Gasteiger partial charge in [0, 0.05) is 11.1 Å². The molecular formula is C11H10N2O2S. The highest BCUT2D eigenvalue weighted by Gasteiger charge is 2.10. The van der Waals surface area contributed by atoms with E-state index in [9.17, 15) is 4.79 Å². The second-order valence-corrected chi connectivity index (χ2v) is 3.99. The average Bonchev–Trinajstić information content (AvgIpc) is 2.73. The van der Waals surface area contributed by atoms with Crippen LogP contribution in [0.2, 0.25) is 0 Å². The van der Waals surface area contributed by atoms with Crippen molar-refractivity contribution in [2.24, 2.45) is 0 Å². The summed E-state index contributed by atoms with van der Waals surface area (Å²) in [5.74, 6) is -1.02. The van der Waals surface area contributed by atoms with Crippen molar-refractivity contribution in [2.45, 2.75) is 0 Å². The van der Waals surface area contributed by atoms with E-state index in [4.69, 9.17) is 10.8 Å². The zero-order valence-corrected chi connectivity index (χ0v) is 9.12. The molecule has 0 aliphatic rings. The fourth-order valence-corrected chi connectivity index (χ4v) is 1.94. The second kappa shape index (κ2) is 4.24. The molecule has 0 saturated carbocycles. The Balaban J connectivity index is 2.35. The first-order valence-electron chi connectivity index (χ1n) is 4.59. The molecule has 5 heteroatoms. The number of hydrogen-bond donors (Lipinski definition) is 3. The lowest BCUT2D eigenvalue weighted by molar-refractivity contribution is 0.0698. The molecule has 0 unspecified atom stereocenters. The molecule has 0 atom stereocenters. The smallest absolute Gasteiger partial charge is 0.337 e. The van der Waals surface area contributed by atoms with E-state index in [2.05, 4.69) is 5.32 Å². The monoisotopic (exact) mass is 234 g/mol. The summed E-state index contributed by atoms with van der Waals surface area (Å²) in [5, 5.41) is 15.8. The Kier molecular flexibility index (Phi) is 2.78. The Morgan fingerprint density at radius 3 is 2.81 bits per heavy atom. The predicted molar refractivity (Wildman–Crippen MR) is 65.4 cm³/mol. The largest absolute Gasteiger partial charge is 0.478 e. The molecule has 1 heterocycles. The van der Waals surface area contributed by atoms with Crippen LogP contribution >= 0.6 is 11.3 Å². The lowest BCUT2D eigenvalue weighted by Gasteiger charge is -2.09. The third-order valence-electron chi connectivity index (χ3n) is 2.14. The van der Waals surface area contributed by atoms with Crippen molar-refractivity contribution in [3.63, 3.8) is 0 Å². The Bertz CT molecular complexity index is 509. The Morgan fingerprint density at radius 2 is 2.19 bits per heavy atom. The Hall–Kier alpha value is -2.01. The molecule has 0 radical (unpaired) electrons. The first kappa shape index (κ1) is 10.5. The van der Waals surface area contributed by atoms with E-state index >= 15 is 0 Å². The standard InChI is InChI=1S/C11H10N2O2S/c12-10-8(11(14)15)2-1-3-9(10)13-7-4-5-16-6-7/h1-6,13H,12H2,(H,14,15). The van der Waals surface area contributed by atoms with Crippen molar-refractivity contribution in [1.29, 1.82) is 0 Å². The number of nitrogens with two attached hydrogens (primary N) is 1. The number of rotatable bonds is 3. The number of nitrogens with one attached hydrogen (secondary N) is 1. The molecule has 16 heavy (non-hydrogen) atoms. The van der Waals surface area contributed by atoms with Gasteiger partial charge in [0.05, 0.1) is 16.9 Å². The van der Waals surface area contributed by atoms with Gasteiger partial charge in [-0.3, -0.25) is 0 Å². The molecule has 0 fully saturated rings. The van der Waals surface area contributed by atoms with Crippen molar-refractivity contribution in [3.8, 4) is 0 Å². The van der Waals surface area contributed by atoms with Crippen molar-refractivity contribution in [1.82, 2.24) is 0 Å². The number of nitrogen functional groups attached to an aromatic ring is 1. The Morgan fingerprint density at radius 1 is 1.38 bits per heavy atom. The predicted octanol–water partition coefficient (Wildman–Crippen LogP) is 2.77. The van der Waals surface area contributed by atoms with E-state index in [0.717, 1.165) is 5.69 Å². The highest BCUT2D eigenvalue weighted by molar-refractivity contribution is 7.08. The van der Waals surface area contributed by atoms with Crippen LogP contribution in [0.1, 0.15) is 10.4 Å². The molecule has 0 aliphatic heterocycles. The van der Waals surface area contributed by atoms with Gasteiger partial charge in [0.2, 0.25) is 0 Å². The summed E-state index contributed by atoms with van der Waals surface area (Å²) < 4.78 is 0. The fourth-order valence-electron chi connectivity index (χ4n) is 1.35. The number of benzene rings is 1. The maximum atomic E-state index is 10.9. The average molecular weight is 234 g/mol. The van der Waals surface area contributed by atoms with Crippen molar-refractivity contribution in [2.75, 3.05) is 11.1 Å². The van der Waals surface area contributed by atoms with Gasteiger partial charge in [-0.05, 0) is 23.6 Å². The molecule has 0 aliphatic carbocycles. The summed E-state index contributed by atoms with van der Waals surface area (Å²) in [6.07, 6.45) is 0. The molecule has 2 aromatic rings. The molecule has 0 saturated heterocycles. The number of carboxylic acids is 1. The highest BCUT2D eigenvalue weighted by Crippen LogP contribution is 2.27. The van der Waals surface area contributed by atoms with Gasteiger partial charge >= 0.3 is 5.97 Å². The lowest BCUT2D eigenvalue weighted by atomic mass is 10.1. The van der Waals surface area contributed by atoms with Crippen LogP contribution in [0, 0.1) is 0 Å². The summed E-state index contributed by atoms with van der Waals surface area (Å²) in [5.41, 5.74) is 7.63. The van der Waals surface area contributed by atoms with Crippen molar-refractivity contribution >= 4 is 34.4 Å². The van der Waals surface area contributed by atoms with Gasteiger partial charge in [-0.15, -0.1) is 0 Å². The molecule has 2 rings (SSSR count). The number of aromatic carboxylic acids is 1. The number of hydrogen-bond acceptors (Lipinski definition) is 4. The maximum Gasteiger partial charge on any atom is 0.337 e. The molecule has 1 aromatic carbocycles. The van der Waals surface area contributed by atoms with Crippen LogP contribution < -0.4 is 11.1 Å².